The molecule has 5 nitrogen and oxygen atoms in total. The lowest BCUT2D eigenvalue weighted by atomic mass is 10.0. The van der Waals surface area contributed by atoms with E-state index < -0.39 is 9.84 Å². The van der Waals surface area contributed by atoms with Crippen molar-refractivity contribution in [1.82, 2.24) is 0 Å². The minimum Gasteiger partial charge on any atom is -0.315 e. The van der Waals surface area contributed by atoms with Crippen molar-refractivity contribution < 1.29 is 13.2 Å². The molecule has 1 amide bonds. The van der Waals surface area contributed by atoms with E-state index in [9.17, 15) is 13.2 Å². The number of sulfone groups is 1. The van der Waals surface area contributed by atoms with Crippen LogP contribution in [0.3, 0.4) is 0 Å². The summed E-state index contributed by atoms with van der Waals surface area (Å²) in [5, 5.41) is 0.617. The number of rotatable bonds is 5. The fraction of sp³-hybridized carbons (Fsp3) is 0.579. The first-order valence-electron chi connectivity index (χ1n) is 9.28. The molecule has 0 unspecified atom stereocenters. The zero-order valence-corrected chi connectivity index (χ0v) is 17.2. The number of fused-ring (bicyclic) bond motifs is 1. The normalized spacial score (nSPS) is 25.7. The van der Waals surface area contributed by atoms with Crippen LogP contribution >= 0.6 is 11.8 Å². The first kappa shape index (κ1) is 19.4. The van der Waals surface area contributed by atoms with E-state index in [0.717, 1.165) is 24.9 Å². The molecule has 0 N–H and O–H groups in total. The summed E-state index contributed by atoms with van der Waals surface area (Å²) in [7, 11) is -3.05. The van der Waals surface area contributed by atoms with Gasteiger partial charge in [0.05, 0.1) is 17.5 Å². The summed E-state index contributed by atoms with van der Waals surface area (Å²) in [6.07, 6.45) is 2.88. The highest BCUT2D eigenvalue weighted by Gasteiger charge is 2.50. The van der Waals surface area contributed by atoms with Crippen molar-refractivity contribution in [3.05, 3.63) is 29.3 Å². The molecule has 0 spiro atoms. The molecule has 0 aromatic heterocycles. The van der Waals surface area contributed by atoms with Crippen LogP contribution in [0.4, 0.5) is 5.69 Å². The molecule has 1 aromatic rings. The Bertz CT molecular complexity index is 811. The summed E-state index contributed by atoms with van der Waals surface area (Å²) >= 11 is 1.45. The van der Waals surface area contributed by atoms with E-state index >= 15 is 0 Å². The lowest BCUT2D eigenvalue weighted by Crippen LogP contribution is -2.39. The standard InChI is InChI=1S/C19H26N2O3S2/c1-4-8-17(22)20-19-21(15-11-26(23,24)12-16(15)25-19)18-13(5-2)9-7-10-14(18)6-3/h7,9-10,15-16H,4-6,8,11-12H2,1-3H3/t15-,16-/m0/s1. The summed E-state index contributed by atoms with van der Waals surface area (Å²) < 4.78 is 24.4. The highest BCUT2D eigenvalue weighted by Crippen LogP contribution is 2.43. The quantitative estimate of drug-likeness (QED) is 0.767. The second kappa shape index (κ2) is 7.72. The lowest BCUT2D eigenvalue weighted by molar-refractivity contribution is -0.117. The van der Waals surface area contributed by atoms with Gasteiger partial charge in [-0.05, 0) is 30.4 Å². The summed E-state index contributed by atoms with van der Waals surface area (Å²) in [5.41, 5.74) is 3.40. The van der Waals surface area contributed by atoms with Gasteiger partial charge in [0.2, 0.25) is 5.91 Å². The summed E-state index contributed by atoms with van der Waals surface area (Å²) in [4.78, 5) is 18.6. The number of aryl methyl sites for hydroxylation is 2. The number of carbonyl (C=O) groups excluding carboxylic acids is 1. The Kier molecular flexibility index (Phi) is 5.77. The molecule has 26 heavy (non-hydrogen) atoms. The van der Waals surface area contributed by atoms with Gasteiger partial charge in [-0.15, -0.1) is 0 Å². The Morgan fingerprint density at radius 3 is 2.42 bits per heavy atom. The van der Waals surface area contributed by atoms with Crippen LogP contribution in [0.5, 0.6) is 0 Å². The van der Waals surface area contributed by atoms with Crippen LogP contribution in [0.25, 0.3) is 0 Å². The molecule has 0 aliphatic carbocycles. The Balaban J connectivity index is 2.11. The number of aliphatic imine (C=N–C) groups is 1. The molecule has 142 valence electrons. The van der Waals surface area contributed by atoms with Gasteiger partial charge in [0.25, 0.3) is 0 Å². The van der Waals surface area contributed by atoms with Crippen molar-refractivity contribution in [2.24, 2.45) is 4.99 Å². The van der Waals surface area contributed by atoms with Crippen molar-refractivity contribution in [1.29, 1.82) is 0 Å². The van der Waals surface area contributed by atoms with Gasteiger partial charge in [-0.2, -0.15) is 4.99 Å². The second-order valence-electron chi connectivity index (χ2n) is 6.84. The van der Waals surface area contributed by atoms with Gasteiger partial charge in [0.15, 0.2) is 15.0 Å². The first-order valence-corrected chi connectivity index (χ1v) is 12.0. The van der Waals surface area contributed by atoms with Gasteiger partial charge in [-0.25, -0.2) is 8.42 Å². The van der Waals surface area contributed by atoms with Crippen LogP contribution in [0.2, 0.25) is 0 Å². The lowest BCUT2D eigenvalue weighted by Gasteiger charge is -2.29. The van der Waals surface area contributed by atoms with Gasteiger partial charge < -0.3 is 4.90 Å². The molecule has 3 rings (SSSR count). The monoisotopic (exact) mass is 394 g/mol. The molecular formula is C19H26N2O3S2. The molecule has 1 aromatic carbocycles. The predicted octanol–water partition coefficient (Wildman–Crippen LogP) is 3.21. The number of thioether (sulfide) groups is 1. The van der Waals surface area contributed by atoms with E-state index in [1.165, 1.54) is 22.9 Å². The van der Waals surface area contributed by atoms with Crippen LogP contribution in [-0.4, -0.2) is 42.3 Å². The minimum absolute atomic E-state index is 0.0530. The fourth-order valence-electron chi connectivity index (χ4n) is 3.73. The molecule has 2 atom stereocenters. The van der Waals surface area contributed by atoms with Crippen LogP contribution in [0, 0.1) is 0 Å². The largest absolute Gasteiger partial charge is 0.315 e. The Morgan fingerprint density at radius 1 is 1.19 bits per heavy atom. The zero-order chi connectivity index (χ0) is 18.9. The summed E-state index contributed by atoms with van der Waals surface area (Å²) in [5.74, 6) is 0.164. The third-order valence-electron chi connectivity index (χ3n) is 4.96. The molecule has 2 saturated heterocycles. The van der Waals surface area contributed by atoms with Crippen LogP contribution in [0.15, 0.2) is 23.2 Å². The minimum atomic E-state index is -3.05. The Labute approximate surface area is 160 Å². The molecular weight excluding hydrogens is 368 g/mol. The SMILES string of the molecule is CCCC(=O)N=C1S[C@H]2CS(=O)(=O)C[C@@H]2N1c1c(CC)cccc1CC. The van der Waals surface area contributed by atoms with E-state index in [4.69, 9.17) is 0 Å². The van der Waals surface area contributed by atoms with Crippen molar-refractivity contribution >= 4 is 38.4 Å². The third-order valence-corrected chi connectivity index (χ3v) is 8.17. The Morgan fingerprint density at radius 2 is 1.85 bits per heavy atom. The molecule has 2 heterocycles. The van der Waals surface area contributed by atoms with Crippen LogP contribution in [0.1, 0.15) is 44.7 Å². The van der Waals surface area contributed by atoms with Crippen LogP contribution in [-0.2, 0) is 27.5 Å². The van der Waals surface area contributed by atoms with Crippen molar-refractivity contribution in [3.8, 4) is 0 Å². The van der Waals surface area contributed by atoms with Crippen molar-refractivity contribution in [2.45, 2.75) is 57.7 Å². The first-order chi connectivity index (χ1) is 12.4. The van der Waals surface area contributed by atoms with E-state index in [-0.39, 0.29) is 28.7 Å². The number of hydrogen-bond acceptors (Lipinski definition) is 4. The third kappa shape index (κ3) is 3.69. The van der Waals surface area contributed by atoms with Gasteiger partial charge in [-0.3, -0.25) is 4.79 Å². The topological polar surface area (TPSA) is 66.8 Å². The number of nitrogens with zero attached hydrogens (tertiary/aromatic N) is 2. The van der Waals surface area contributed by atoms with Gasteiger partial charge in [0.1, 0.15) is 0 Å². The number of hydrogen-bond donors (Lipinski definition) is 0. The summed E-state index contributed by atoms with van der Waals surface area (Å²) in [6, 6.07) is 6.07. The number of carbonyl (C=O) groups is 1. The second-order valence-corrected chi connectivity index (χ2v) is 10.2. The zero-order valence-electron chi connectivity index (χ0n) is 15.6. The van der Waals surface area contributed by atoms with E-state index in [2.05, 4.69) is 35.9 Å². The van der Waals surface area contributed by atoms with E-state index in [0.29, 0.717) is 11.6 Å². The number of amidine groups is 1. The maximum atomic E-state index is 12.2. The fourth-order valence-corrected chi connectivity index (χ4v) is 7.64. The average Bonchev–Trinajstić information content (AvgIpc) is 3.05. The van der Waals surface area contributed by atoms with Crippen LogP contribution < -0.4 is 4.90 Å². The number of benzene rings is 1. The molecule has 0 saturated carbocycles. The van der Waals surface area contributed by atoms with Gasteiger partial charge >= 0.3 is 0 Å². The van der Waals surface area contributed by atoms with Crippen molar-refractivity contribution in [2.75, 3.05) is 16.4 Å². The Hall–Kier alpha value is -1.34. The highest BCUT2D eigenvalue weighted by molar-refractivity contribution is 8.16. The molecule has 2 fully saturated rings. The molecule has 2 aliphatic heterocycles. The molecule has 7 heteroatoms. The number of anilines is 1. The maximum absolute atomic E-state index is 12.2. The molecule has 0 bridgehead atoms. The number of amides is 1. The smallest absolute Gasteiger partial charge is 0.248 e. The number of para-hydroxylation sites is 1. The van der Waals surface area contributed by atoms with Gasteiger partial charge in [-0.1, -0.05) is 50.7 Å². The van der Waals surface area contributed by atoms with Crippen molar-refractivity contribution in [3.63, 3.8) is 0 Å². The maximum Gasteiger partial charge on any atom is 0.248 e. The van der Waals surface area contributed by atoms with Gasteiger partial charge in [0, 0.05) is 17.4 Å². The molecule has 0 radical (unpaired) electrons. The summed E-state index contributed by atoms with van der Waals surface area (Å²) in [6.45, 7) is 6.16. The average molecular weight is 395 g/mol. The van der Waals surface area contributed by atoms with E-state index in [1.807, 2.05) is 13.0 Å². The van der Waals surface area contributed by atoms with E-state index in [1.54, 1.807) is 0 Å². The molecule has 2 aliphatic rings. The highest BCUT2D eigenvalue weighted by atomic mass is 32.2. The predicted molar refractivity (Wildman–Crippen MR) is 109 cm³/mol.